The molecule has 0 aliphatic carbocycles. The Kier molecular flexibility index (Phi) is 3.78. The van der Waals surface area contributed by atoms with Gasteiger partial charge in [-0.05, 0) is 25.1 Å². The second kappa shape index (κ2) is 5.16. The van der Waals surface area contributed by atoms with Crippen molar-refractivity contribution in [1.82, 2.24) is 0 Å². The summed E-state index contributed by atoms with van der Waals surface area (Å²) < 4.78 is 5.47. The molecule has 2 unspecified atom stereocenters. The molecule has 0 radical (unpaired) electrons. The molecule has 1 aromatic rings. The van der Waals surface area contributed by atoms with Gasteiger partial charge in [-0.25, -0.2) is 0 Å². The Balaban J connectivity index is 2.23. The van der Waals surface area contributed by atoms with Crippen molar-refractivity contribution in [2.45, 2.75) is 31.4 Å². The van der Waals surface area contributed by atoms with E-state index in [2.05, 4.69) is 5.32 Å². The van der Waals surface area contributed by atoms with Gasteiger partial charge in [-0.3, -0.25) is 4.79 Å². The molecule has 2 rings (SSSR count). The Bertz CT molecular complexity index is 452. The largest absolute Gasteiger partial charge is 0.378 e. The average molecular weight is 269 g/mol. The number of carbonyl (C=O) groups excluding carboxylic acids is 1. The third kappa shape index (κ3) is 2.76. The maximum absolute atomic E-state index is 11.8. The van der Waals surface area contributed by atoms with Crippen molar-refractivity contribution in [2.75, 3.05) is 11.9 Å². The molecular weight excluding hydrogens is 252 g/mol. The predicted octanol–water partition coefficient (Wildman–Crippen LogP) is 2.17. The number of carbonyl (C=O) groups is 1. The molecule has 5 heteroatoms. The van der Waals surface area contributed by atoms with Crippen LogP contribution in [0.1, 0.15) is 19.8 Å². The molecule has 1 heterocycles. The highest BCUT2D eigenvalue weighted by atomic mass is 35.5. The number of benzene rings is 1. The van der Waals surface area contributed by atoms with Gasteiger partial charge >= 0.3 is 0 Å². The first kappa shape index (κ1) is 13.2. The lowest BCUT2D eigenvalue weighted by atomic mass is 9.86. The van der Waals surface area contributed by atoms with Crippen LogP contribution >= 0.6 is 11.6 Å². The van der Waals surface area contributed by atoms with Gasteiger partial charge in [0.15, 0.2) is 0 Å². The molecule has 0 bridgehead atoms. The molecule has 0 spiro atoms. The molecule has 3 N–H and O–H groups in total. The molecule has 0 aromatic heterocycles. The highest BCUT2D eigenvalue weighted by molar-refractivity contribution is 6.30. The third-order valence-electron chi connectivity index (χ3n) is 3.25. The quantitative estimate of drug-likeness (QED) is 0.883. The van der Waals surface area contributed by atoms with E-state index in [9.17, 15) is 4.79 Å². The van der Waals surface area contributed by atoms with E-state index in [4.69, 9.17) is 22.1 Å². The number of nitrogens with two attached hydrogens (primary N) is 1. The molecule has 1 aliphatic rings. The predicted molar refractivity (Wildman–Crippen MR) is 71.6 cm³/mol. The topological polar surface area (TPSA) is 64.3 Å². The van der Waals surface area contributed by atoms with Crippen LogP contribution in [0, 0.1) is 0 Å². The zero-order valence-corrected chi connectivity index (χ0v) is 11.0. The maximum Gasteiger partial charge on any atom is 0.243 e. The summed E-state index contributed by atoms with van der Waals surface area (Å²) in [6, 6.07) is 7.28. The molecule has 1 amide bonds. The standard InChI is InChI=1S/C13H17ClN2O2/c1-9-8-13(12(15)17,5-6-18-9)16-11-4-2-3-10(14)7-11/h2-4,7,9,16H,5-6,8H2,1H3,(H2,15,17). The van der Waals surface area contributed by atoms with Crippen LogP contribution in [0.4, 0.5) is 5.69 Å². The fourth-order valence-electron chi connectivity index (χ4n) is 2.33. The second-order valence-corrected chi connectivity index (χ2v) is 5.15. The van der Waals surface area contributed by atoms with Crippen molar-refractivity contribution in [1.29, 1.82) is 0 Å². The molecule has 1 fully saturated rings. The van der Waals surface area contributed by atoms with Crippen LogP contribution in [0.5, 0.6) is 0 Å². The second-order valence-electron chi connectivity index (χ2n) is 4.72. The van der Waals surface area contributed by atoms with E-state index in [0.717, 1.165) is 5.69 Å². The van der Waals surface area contributed by atoms with Crippen molar-refractivity contribution in [3.05, 3.63) is 29.3 Å². The molecular formula is C13H17ClN2O2. The van der Waals surface area contributed by atoms with E-state index in [0.29, 0.717) is 24.5 Å². The van der Waals surface area contributed by atoms with Crippen LogP contribution in [0.2, 0.25) is 5.02 Å². The molecule has 18 heavy (non-hydrogen) atoms. The van der Waals surface area contributed by atoms with Crippen LogP contribution in [0.3, 0.4) is 0 Å². The van der Waals surface area contributed by atoms with Gasteiger partial charge in [0, 0.05) is 30.2 Å². The smallest absolute Gasteiger partial charge is 0.243 e. The number of rotatable bonds is 3. The Morgan fingerprint density at radius 2 is 2.39 bits per heavy atom. The van der Waals surface area contributed by atoms with Gasteiger partial charge in [0.25, 0.3) is 0 Å². The lowest BCUT2D eigenvalue weighted by molar-refractivity contribution is -0.127. The molecule has 1 aromatic carbocycles. The van der Waals surface area contributed by atoms with Gasteiger partial charge in [0.2, 0.25) is 5.91 Å². The van der Waals surface area contributed by atoms with Gasteiger partial charge in [-0.1, -0.05) is 17.7 Å². The van der Waals surface area contributed by atoms with E-state index in [1.54, 1.807) is 12.1 Å². The van der Waals surface area contributed by atoms with E-state index < -0.39 is 5.54 Å². The molecule has 4 nitrogen and oxygen atoms in total. The van der Waals surface area contributed by atoms with Gasteiger partial charge < -0.3 is 15.8 Å². The lowest BCUT2D eigenvalue weighted by Crippen LogP contribution is -2.55. The van der Waals surface area contributed by atoms with E-state index in [1.165, 1.54) is 0 Å². The summed E-state index contributed by atoms with van der Waals surface area (Å²) in [7, 11) is 0. The molecule has 98 valence electrons. The minimum atomic E-state index is -0.748. The minimum Gasteiger partial charge on any atom is -0.378 e. The summed E-state index contributed by atoms with van der Waals surface area (Å²) >= 11 is 5.94. The fraction of sp³-hybridized carbons (Fsp3) is 0.462. The molecule has 1 saturated heterocycles. The first-order valence-electron chi connectivity index (χ1n) is 5.97. The lowest BCUT2D eigenvalue weighted by Gasteiger charge is -2.38. The number of nitrogens with one attached hydrogen (secondary N) is 1. The van der Waals surface area contributed by atoms with E-state index in [-0.39, 0.29) is 12.0 Å². The van der Waals surface area contributed by atoms with Crippen LogP contribution in [-0.4, -0.2) is 24.2 Å². The van der Waals surface area contributed by atoms with Crippen molar-refractivity contribution in [2.24, 2.45) is 5.73 Å². The Morgan fingerprint density at radius 1 is 1.61 bits per heavy atom. The van der Waals surface area contributed by atoms with Crippen LogP contribution in [0.25, 0.3) is 0 Å². The summed E-state index contributed by atoms with van der Waals surface area (Å²) in [5.74, 6) is -0.349. The van der Waals surface area contributed by atoms with Crippen molar-refractivity contribution >= 4 is 23.2 Å². The van der Waals surface area contributed by atoms with E-state index in [1.807, 2.05) is 19.1 Å². The van der Waals surface area contributed by atoms with Gasteiger partial charge in [0.05, 0.1) is 6.10 Å². The summed E-state index contributed by atoms with van der Waals surface area (Å²) in [4.78, 5) is 11.8. The fourth-order valence-corrected chi connectivity index (χ4v) is 2.52. The normalized spacial score (nSPS) is 27.8. The van der Waals surface area contributed by atoms with Crippen LogP contribution < -0.4 is 11.1 Å². The van der Waals surface area contributed by atoms with Crippen LogP contribution in [0.15, 0.2) is 24.3 Å². The van der Waals surface area contributed by atoms with Crippen molar-refractivity contribution in [3.63, 3.8) is 0 Å². The zero-order valence-electron chi connectivity index (χ0n) is 10.3. The van der Waals surface area contributed by atoms with Gasteiger partial charge in [-0.15, -0.1) is 0 Å². The Morgan fingerprint density at radius 3 is 3.00 bits per heavy atom. The molecule has 1 aliphatic heterocycles. The van der Waals surface area contributed by atoms with Crippen molar-refractivity contribution < 1.29 is 9.53 Å². The van der Waals surface area contributed by atoms with E-state index >= 15 is 0 Å². The zero-order chi connectivity index (χ0) is 13.2. The first-order valence-corrected chi connectivity index (χ1v) is 6.35. The number of hydrogen-bond acceptors (Lipinski definition) is 3. The Labute approximate surface area is 111 Å². The highest BCUT2D eigenvalue weighted by Gasteiger charge is 2.40. The van der Waals surface area contributed by atoms with Gasteiger partial charge in [-0.2, -0.15) is 0 Å². The maximum atomic E-state index is 11.8. The van der Waals surface area contributed by atoms with Gasteiger partial charge in [0.1, 0.15) is 5.54 Å². The molecule has 0 saturated carbocycles. The number of ether oxygens (including phenoxy) is 1. The Hall–Kier alpha value is -1.26. The summed E-state index contributed by atoms with van der Waals surface area (Å²) in [5, 5.41) is 3.85. The number of anilines is 1. The SMILES string of the molecule is CC1CC(Nc2cccc(Cl)c2)(C(N)=O)CCO1. The minimum absolute atomic E-state index is 0.0120. The summed E-state index contributed by atoms with van der Waals surface area (Å²) in [6.07, 6.45) is 1.14. The average Bonchev–Trinajstić information content (AvgIpc) is 2.28. The number of hydrogen-bond donors (Lipinski definition) is 2. The molecule has 2 atom stereocenters. The summed E-state index contributed by atoms with van der Waals surface area (Å²) in [6.45, 7) is 2.47. The monoisotopic (exact) mass is 268 g/mol. The number of amides is 1. The number of halogens is 1. The first-order chi connectivity index (χ1) is 8.52. The van der Waals surface area contributed by atoms with Crippen molar-refractivity contribution in [3.8, 4) is 0 Å². The number of primary amides is 1. The van der Waals surface area contributed by atoms with Crippen LogP contribution in [-0.2, 0) is 9.53 Å². The third-order valence-corrected chi connectivity index (χ3v) is 3.48. The summed E-state index contributed by atoms with van der Waals surface area (Å²) in [5.41, 5.74) is 5.61. The highest BCUT2D eigenvalue weighted by Crippen LogP contribution is 2.29.